The van der Waals surface area contributed by atoms with E-state index in [9.17, 15) is 4.79 Å². The number of carbonyl (C=O) groups is 1. The highest BCUT2D eigenvalue weighted by molar-refractivity contribution is 14.1. The van der Waals surface area contributed by atoms with E-state index in [1.165, 1.54) is 4.90 Å². The monoisotopic (exact) mass is 341 g/mol. The van der Waals surface area contributed by atoms with E-state index in [-0.39, 0.29) is 5.24 Å². The Hall–Kier alpha value is 0.0600. The molecule has 0 spiro atoms. The van der Waals surface area contributed by atoms with E-state index in [1.807, 2.05) is 18.2 Å². The van der Waals surface area contributed by atoms with Crippen LogP contribution in [-0.2, 0) is 0 Å². The minimum atomic E-state index is -0.0203. The first kappa shape index (κ1) is 12.1. The molecule has 0 unspecified atom stereocenters. The van der Waals surface area contributed by atoms with Crippen LogP contribution >= 0.6 is 46.0 Å². The van der Waals surface area contributed by atoms with E-state index in [1.54, 1.807) is 14.1 Å². The molecule has 0 aliphatic rings. The van der Waals surface area contributed by atoms with Gasteiger partial charge in [0, 0.05) is 22.6 Å². The summed E-state index contributed by atoms with van der Waals surface area (Å²) in [7, 11) is 3.44. The molecular weight excluding hydrogens is 333 g/mol. The molecule has 0 saturated heterocycles. The summed E-state index contributed by atoms with van der Waals surface area (Å²) in [5.74, 6) is 0. The molecule has 0 atom stereocenters. The van der Waals surface area contributed by atoms with Crippen molar-refractivity contribution in [2.45, 2.75) is 4.90 Å². The van der Waals surface area contributed by atoms with Gasteiger partial charge < -0.3 is 4.90 Å². The molecule has 0 aliphatic carbocycles. The van der Waals surface area contributed by atoms with Crippen molar-refractivity contribution in [3.05, 3.63) is 26.8 Å². The van der Waals surface area contributed by atoms with Crippen molar-refractivity contribution in [1.82, 2.24) is 4.90 Å². The van der Waals surface area contributed by atoms with Crippen LogP contribution in [-0.4, -0.2) is 24.2 Å². The smallest absolute Gasteiger partial charge is 0.285 e. The van der Waals surface area contributed by atoms with Crippen molar-refractivity contribution in [2.75, 3.05) is 14.1 Å². The topological polar surface area (TPSA) is 20.3 Å². The highest BCUT2D eigenvalue weighted by Crippen LogP contribution is 2.29. The summed E-state index contributed by atoms with van der Waals surface area (Å²) in [5.41, 5.74) is 0. The number of benzene rings is 1. The highest BCUT2D eigenvalue weighted by atomic mass is 127. The quantitative estimate of drug-likeness (QED) is 0.573. The van der Waals surface area contributed by atoms with E-state index in [0.29, 0.717) is 5.02 Å². The Labute approximate surface area is 106 Å². The molecule has 1 amide bonds. The van der Waals surface area contributed by atoms with Gasteiger partial charge in [0.25, 0.3) is 5.24 Å². The maximum atomic E-state index is 11.4. The fraction of sp³-hybridized carbons (Fsp3) is 0.222. The predicted octanol–water partition coefficient (Wildman–Crippen LogP) is 3.72. The average molecular weight is 342 g/mol. The number of nitrogens with zero attached hydrogens (tertiary/aromatic N) is 1. The average Bonchev–Trinajstić information content (AvgIpc) is 2.09. The van der Waals surface area contributed by atoms with Gasteiger partial charge in [-0.3, -0.25) is 4.79 Å². The molecule has 0 saturated carbocycles. The second kappa shape index (κ2) is 5.23. The van der Waals surface area contributed by atoms with Gasteiger partial charge >= 0.3 is 0 Å². The summed E-state index contributed by atoms with van der Waals surface area (Å²) in [6.07, 6.45) is 0. The molecule has 0 aliphatic heterocycles. The third-order valence-corrected chi connectivity index (χ3v) is 3.67. The largest absolute Gasteiger partial charge is 0.339 e. The number of hydrogen-bond donors (Lipinski definition) is 0. The number of thioether (sulfide) groups is 1. The first-order valence-electron chi connectivity index (χ1n) is 3.85. The van der Waals surface area contributed by atoms with Crippen LogP contribution in [0.15, 0.2) is 23.1 Å². The third kappa shape index (κ3) is 3.33. The molecule has 1 aromatic rings. The SMILES string of the molecule is CN(C)C(=O)Sc1ccc(I)cc1Cl. The maximum absolute atomic E-state index is 11.4. The molecule has 0 N–H and O–H groups in total. The predicted molar refractivity (Wildman–Crippen MR) is 69.1 cm³/mol. The lowest BCUT2D eigenvalue weighted by Crippen LogP contribution is -2.16. The molecular formula is C9H9ClINOS. The van der Waals surface area contributed by atoms with Gasteiger partial charge in [-0.25, -0.2) is 0 Å². The maximum Gasteiger partial charge on any atom is 0.285 e. The molecule has 14 heavy (non-hydrogen) atoms. The molecule has 0 bridgehead atoms. The molecule has 0 aromatic heterocycles. The third-order valence-electron chi connectivity index (χ3n) is 1.46. The van der Waals surface area contributed by atoms with Crippen LogP contribution in [0.2, 0.25) is 5.02 Å². The number of amides is 1. The molecule has 0 radical (unpaired) electrons. The standard InChI is InChI=1S/C9H9ClINOS/c1-12(2)9(13)14-8-4-3-6(11)5-7(8)10/h3-5H,1-2H3. The zero-order valence-corrected chi connectivity index (χ0v) is 11.5. The summed E-state index contributed by atoms with van der Waals surface area (Å²) >= 11 is 9.30. The van der Waals surface area contributed by atoms with Gasteiger partial charge in [-0.2, -0.15) is 0 Å². The van der Waals surface area contributed by atoms with E-state index in [2.05, 4.69) is 22.6 Å². The van der Waals surface area contributed by atoms with Gasteiger partial charge in [0.2, 0.25) is 0 Å². The van der Waals surface area contributed by atoms with Crippen molar-refractivity contribution in [2.24, 2.45) is 0 Å². The van der Waals surface area contributed by atoms with E-state index < -0.39 is 0 Å². The van der Waals surface area contributed by atoms with Crippen molar-refractivity contribution in [1.29, 1.82) is 0 Å². The zero-order chi connectivity index (χ0) is 10.7. The van der Waals surface area contributed by atoms with Crippen LogP contribution in [0.5, 0.6) is 0 Å². The Balaban J connectivity index is 2.82. The number of rotatable bonds is 1. The van der Waals surface area contributed by atoms with Gasteiger partial charge in [0.05, 0.1) is 5.02 Å². The van der Waals surface area contributed by atoms with Gasteiger partial charge in [-0.1, -0.05) is 11.6 Å². The van der Waals surface area contributed by atoms with Crippen LogP contribution in [0.1, 0.15) is 0 Å². The Kier molecular flexibility index (Phi) is 4.53. The lowest BCUT2D eigenvalue weighted by atomic mass is 10.4. The molecule has 1 rings (SSSR count). The summed E-state index contributed by atoms with van der Waals surface area (Å²) in [6.45, 7) is 0. The normalized spacial score (nSPS) is 10.0. The van der Waals surface area contributed by atoms with E-state index in [0.717, 1.165) is 20.2 Å². The van der Waals surface area contributed by atoms with Crippen LogP contribution in [0.3, 0.4) is 0 Å². The Morgan fingerprint density at radius 1 is 1.50 bits per heavy atom. The number of halogens is 2. The van der Waals surface area contributed by atoms with Crippen LogP contribution < -0.4 is 0 Å². The molecule has 5 heteroatoms. The molecule has 0 fully saturated rings. The van der Waals surface area contributed by atoms with Crippen LogP contribution in [0.25, 0.3) is 0 Å². The fourth-order valence-electron chi connectivity index (χ4n) is 0.743. The summed E-state index contributed by atoms with van der Waals surface area (Å²) in [5, 5.41) is 0.602. The summed E-state index contributed by atoms with van der Waals surface area (Å²) in [4.78, 5) is 13.7. The Morgan fingerprint density at radius 2 is 2.14 bits per heavy atom. The van der Waals surface area contributed by atoms with Crippen molar-refractivity contribution >= 4 is 51.2 Å². The molecule has 0 heterocycles. The van der Waals surface area contributed by atoms with Gasteiger partial charge in [0.1, 0.15) is 0 Å². The Morgan fingerprint density at radius 3 is 2.64 bits per heavy atom. The van der Waals surface area contributed by atoms with Crippen LogP contribution in [0, 0.1) is 3.57 Å². The second-order valence-corrected chi connectivity index (χ2v) is 5.48. The fourth-order valence-corrected chi connectivity index (χ4v) is 2.38. The van der Waals surface area contributed by atoms with Gasteiger partial charge in [-0.15, -0.1) is 0 Å². The zero-order valence-electron chi connectivity index (χ0n) is 7.75. The second-order valence-electron chi connectivity index (χ2n) is 2.84. The first-order chi connectivity index (χ1) is 6.50. The molecule has 1 aromatic carbocycles. The lowest BCUT2D eigenvalue weighted by molar-refractivity contribution is 0.241. The molecule has 76 valence electrons. The number of carbonyl (C=O) groups excluding carboxylic acids is 1. The lowest BCUT2D eigenvalue weighted by Gasteiger charge is -2.09. The van der Waals surface area contributed by atoms with E-state index >= 15 is 0 Å². The molecule has 2 nitrogen and oxygen atoms in total. The minimum Gasteiger partial charge on any atom is -0.339 e. The van der Waals surface area contributed by atoms with Crippen LogP contribution in [0.4, 0.5) is 4.79 Å². The van der Waals surface area contributed by atoms with Crippen molar-refractivity contribution in [3.63, 3.8) is 0 Å². The highest BCUT2D eigenvalue weighted by Gasteiger charge is 2.09. The summed E-state index contributed by atoms with van der Waals surface area (Å²) < 4.78 is 1.06. The van der Waals surface area contributed by atoms with Gasteiger partial charge in [0.15, 0.2) is 0 Å². The minimum absolute atomic E-state index is 0.0203. The number of hydrogen-bond acceptors (Lipinski definition) is 2. The van der Waals surface area contributed by atoms with Crippen molar-refractivity contribution < 1.29 is 4.79 Å². The van der Waals surface area contributed by atoms with Gasteiger partial charge in [-0.05, 0) is 52.6 Å². The summed E-state index contributed by atoms with van der Waals surface area (Å²) in [6, 6.07) is 5.63. The van der Waals surface area contributed by atoms with Crippen molar-refractivity contribution in [3.8, 4) is 0 Å². The Bertz CT molecular complexity index is 357. The van der Waals surface area contributed by atoms with E-state index in [4.69, 9.17) is 11.6 Å². The first-order valence-corrected chi connectivity index (χ1v) is 6.12.